The van der Waals surface area contributed by atoms with Crippen molar-refractivity contribution in [3.8, 4) is 5.75 Å². The number of fused-ring (bicyclic) bond motifs is 1. The number of aryl methyl sites for hydroxylation is 1. The summed E-state index contributed by atoms with van der Waals surface area (Å²) < 4.78 is 32.0. The van der Waals surface area contributed by atoms with Gasteiger partial charge in [-0.15, -0.1) is 0 Å². The molecule has 3 rings (SSSR count). The van der Waals surface area contributed by atoms with Gasteiger partial charge in [-0.2, -0.15) is 0 Å². The lowest BCUT2D eigenvalue weighted by atomic mass is 10.2. The van der Waals surface area contributed by atoms with E-state index >= 15 is 0 Å². The van der Waals surface area contributed by atoms with E-state index in [0.717, 1.165) is 23.4 Å². The number of ether oxygens (including phenoxy) is 1. The predicted octanol–water partition coefficient (Wildman–Crippen LogP) is 4.81. The van der Waals surface area contributed by atoms with Gasteiger partial charge in [0.1, 0.15) is 11.3 Å². The molecule has 10 heteroatoms. The standard InChI is InChI=1S/C24H30ClN3O4S2/c1-5-27(6-2)14-15-28(24-26-22-20(32-4)12-7-17(3)23(22)33-24)21(29)13-16-34(30,31)19-10-8-18(25)9-11-19/h7-12H,5-6,13-16H2,1-4H3. The smallest absolute Gasteiger partial charge is 0.229 e. The van der Waals surface area contributed by atoms with Crippen LogP contribution in [0.2, 0.25) is 5.02 Å². The molecular formula is C24H30ClN3O4S2. The Balaban J connectivity index is 1.88. The van der Waals surface area contributed by atoms with Crippen LogP contribution >= 0.6 is 22.9 Å². The summed E-state index contributed by atoms with van der Waals surface area (Å²) in [5.41, 5.74) is 1.75. The molecule has 0 fully saturated rings. The molecule has 34 heavy (non-hydrogen) atoms. The van der Waals surface area contributed by atoms with Crippen molar-refractivity contribution in [2.45, 2.75) is 32.1 Å². The fraction of sp³-hybridized carbons (Fsp3) is 0.417. The number of thiazole rings is 1. The van der Waals surface area contributed by atoms with Crippen LogP contribution in [0.25, 0.3) is 10.2 Å². The number of aromatic nitrogens is 1. The Morgan fingerprint density at radius 3 is 2.38 bits per heavy atom. The van der Waals surface area contributed by atoms with Crippen molar-refractivity contribution >= 4 is 54.0 Å². The topological polar surface area (TPSA) is 79.8 Å². The first kappa shape index (κ1) is 26.4. The van der Waals surface area contributed by atoms with E-state index in [-0.39, 0.29) is 23.0 Å². The first-order valence-electron chi connectivity index (χ1n) is 11.1. The van der Waals surface area contributed by atoms with Gasteiger partial charge in [-0.3, -0.25) is 9.69 Å². The molecule has 0 atom stereocenters. The number of sulfone groups is 1. The molecule has 0 aliphatic rings. The third-order valence-electron chi connectivity index (χ3n) is 5.74. The molecule has 1 heterocycles. The number of anilines is 1. The highest BCUT2D eigenvalue weighted by molar-refractivity contribution is 7.91. The Labute approximate surface area is 210 Å². The van der Waals surface area contributed by atoms with Crippen molar-refractivity contribution in [1.29, 1.82) is 0 Å². The van der Waals surface area contributed by atoms with Crippen molar-refractivity contribution in [3.63, 3.8) is 0 Å². The van der Waals surface area contributed by atoms with Crippen molar-refractivity contribution in [3.05, 3.63) is 47.0 Å². The van der Waals surface area contributed by atoms with Crippen LogP contribution in [0.3, 0.4) is 0 Å². The van der Waals surface area contributed by atoms with Gasteiger partial charge < -0.3 is 9.64 Å². The predicted molar refractivity (Wildman–Crippen MR) is 139 cm³/mol. The van der Waals surface area contributed by atoms with Crippen LogP contribution in [0.15, 0.2) is 41.3 Å². The fourth-order valence-corrected chi connectivity index (χ4v) is 6.05. The molecule has 0 unspecified atom stereocenters. The molecule has 184 valence electrons. The molecule has 0 saturated heterocycles. The van der Waals surface area contributed by atoms with Crippen molar-refractivity contribution in [2.24, 2.45) is 0 Å². The Morgan fingerprint density at radius 1 is 1.09 bits per heavy atom. The third-order valence-corrected chi connectivity index (χ3v) is 8.93. The van der Waals surface area contributed by atoms with Crippen molar-refractivity contribution in [1.82, 2.24) is 9.88 Å². The number of amides is 1. The van der Waals surface area contributed by atoms with Gasteiger partial charge in [-0.25, -0.2) is 13.4 Å². The molecule has 0 aliphatic carbocycles. The number of carbonyl (C=O) groups excluding carboxylic acids is 1. The van der Waals surface area contributed by atoms with E-state index in [0.29, 0.717) is 34.5 Å². The summed E-state index contributed by atoms with van der Waals surface area (Å²) in [7, 11) is -2.03. The van der Waals surface area contributed by atoms with E-state index in [2.05, 4.69) is 18.7 Å². The lowest BCUT2D eigenvalue weighted by Crippen LogP contribution is -2.39. The van der Waals surface area contributed by atoms with Crippen LogP contribution in [0.5, 0.6) is 5.75 Å². The first-order valence-corrected chi connectivity index (χ1v) is 14.0. The molecular weight excluding hydrogens is 494 g/mol. The van der Waals surface area contributed by atoms with Crippen LogP contribution in [-0.2, 0) is 14.6 Å². The number of benzene rings is 2. The number of carbonyl (C=O) groups is 1. The molecule has 0 radical (unpaired) electrons. The number of nitrogens with zero attached hydrogens (tertiary/aromatic N) is 3. The molecule has 1 amide bonds. The third kappa shape index (κ3) is 6.07. The van der Waals surface area contributed by atoms with E-state index in [1.54, 1.807) is 12.0 Å². The molecule has 0 spiro atoms. The second-order valence-electron chi connectivity index (χ2n) is 7.85. The summed E-state index contributed by atoms with van der Waals surface area (Å²) in [6.45, 7) is 8.93. The Hall–Kier alpha value is -2.20. The normalized spacial score (nSPS) is 11.8. The lowest BCUT2D eigenvalue weighted by Gasteiger charge is -2.24. The van der Waals surface area contributed by atoms with E-state index in [4.69, 9.17) is 21.3 Å². The van der Waals surface area contributed by atoms with Gasteiger partial charge in [-0.05, 0) is 55.9 Å². The second-order valence-corrected chi connectivity index (χ2v) is 11.4. The summed E-state index contributed by atoms with van der Waals surface area (Å²) >= 11 is 7.29. The second kappa shape index (κ2) is 11.5. The van der Waals surface area contributed by atoms with Gasteiger partial charge in [0.05, 0.1) is 22.5 Å². The van der Waals surface area contributed by atoms with Gasteiger partial charge in [0.15, 0.2) is 15.0 Å². The zero-order valence-corrected chi connectivity index (χ0v) is 22.3. The average Bonchev–Trinajstić information content (AvgIpc) is 3.27. The number of hydrogen-bond acceptors (Lipinski definition) is 7. The summed E-state index contributed by atoms with van der Waals surface area (Å²) in [4.78, 5) is 22.0. The molecule has 0 saturated carbocycles. The van der Waals surface area contributed by atoms with Crippen LogP contribution < -0.4 is 9.64 Å². The summed E-state index contributed by atoms with van der Waals surface area (Å²) in [6, 6.07) is 9.81. The first-order chi connectivity index (χ1) is 16.2. The highest BCUT2D eigenvalue weighted by Crippen LogP contribution is 2.36. The highest BCUT2D eigenvalue weighted by atomic mass is 35.5. The van der Waals surface area contributed by atoms with E-state index in [9.17, 15) is 13.2 Å². The summed E-state index contributed by atoms with van der Waals surface area (Å²) in [6.07, 6.45) is -0.144. The Kier molecular flexibility index (Phi) is 8.92. The van der Waals surface area contributed by atoms with Gasteiger partial charge in [0.25, 0.3) is 0 Å². The number of methoxy groups -OCH3 is 1. The van der Waals surface area contributed by atoms with Gasteiger partial charge in [0.2, 0.25) is 5.91 Å². The largest absolute Gasteiger partial charge is 0.494 e. The quantitative estimate of drug-likeness (QED) is 0.359. The number of rotatable bonds is 11. The Morgan fingerprint density at radius 2 is 1.76 bits per heavy atom. The maximum absolute atomic E-state index is 13.3. The van der Waals surface area contributed by atoms with E-state index < -0.39 is 9.84 Å². The van der Waals surface area contributed by atoms with Crippen molar-refractivity contribution in [2.75, 3.05) is 43.9 Å². The molecule has 2 aromatic carbocycles. The van der Waals surface area contributed by atoms with Gasteiger partial charge >= 0.3 is 0 Å². The molecule has 1 aromatic heterocycles. The zero-order valence-electron chi connectivity index (χ0n) is 19.9. The number of likely N-dealkylation sites (N-methyl/N-ethyl adjacent to an activating group) is 1. The Bertz CT molecular complexity index is 1240. The molecule has 0 aliphatic heterocycles. The molecule has 0 bridgehead atoms. The minimum Gasteiger partial charge on any atom is -0.494 e. The monoisotopic (exact) mass is 523 g/mol. The average molecular weight is 524 g/mol. The zero-order chi connectivity index (χ0) is 24.9. The molecule has 7 nitrogen and oxygen atoms in total. The molecule has 3 aromatic rings. The van der Waals surface area contributed by atoms with Gasteiger partial charge in [-0.1, -0.05) is 42.9 Å². The lowest BCUT2D eigenvalue weighted by molar-refractivity contribution is -0.118. The summed E-state index contributed by atoms with van der Waals surface area (Å²) in [5.74, 6) is 0.0765. The molecule has 0 N–H and O–H groups in total. The van der Waals surface area contributed by atoms with Gasteiger partial charge in [0, 0.05) is 24.5 Å². The van der Waals surface area contributed by atoms with Crippen LogP contribution in [0.1, 0.15) is 25.8 Å². The maximum Gasteiger partial charge on any atom is 0.229 e. The number of halogens is 1. The highest BCUT2D eigenvalue weighted by Gasteiger charge is 2.24. The van der Waals surface area contributed by atoms with Crippen LogP contribution in [0.4, 0.5) is 5.13 Å². The number of hydrogen-bond donors (Lipinski definition) is 0. The van der Waals surface area contributed by atoms with E-state index in [1.165, 1.54) is 35.6 Å². The fourth-order valence-electron chi connectivity index (χ4n) is 3.60. The van der Waals surface area contributed by atoms with Crippen LogP contribution in [0, 0.1) is 6.92 Å². The summed E-state index contributed by atoms with van der Waals surface area (Å²) in [5, 5.41) is 1.00. The van der Waals surface area contributed by atoms with Crippen molar-refractivity contribution < 1.29 is 17.9 Å². The van der Waals surface area contributed by atoms with Crippen LogP contribution in [-0.4, -0.2) is 63.3 Å². The minimum atomic E-state index is -3.62. The SMILES string of the molecule is CCN(CC)CCN(C(=O)CCS(=O)(=O)c1ccc(Cl)cc1)c1nc2c(OC)ccc(C)c2s1. The maximum atomic E-state index is 13.3. The van der Waals surface area contributed by atoms with E-state index in [1.807, 2.05) is 19.1 Å². The minimum absolute atomic E-state index is 0.144.